The molecule has 0 spiro atoms. The third kappa shape index (κ3) is 6.26. The van der Waals surface area contributed by atoms with Gasteiger partial charge in [-0.1, -0.05) is 18.9 Å². The zero-order valence-corrected chi connectivity index (χ0v) is 22.9. The van der Waals surface area contributed by atoms with Crippen molar-refractivity contribution in [3.05, 3.63) is 52.0 Å². The molecule has 1 heterocycles. The predicted molar refractivity (Wildman–Crippen MR) is 145 cm³/mol. The summed E-state index contributed by atoms with van der Waals surface area (Å²) in [4.78, 5) is 17.2. The second-order valence-corrected chi connectivity index (χ2v) is 10.2. The summed E-state index contributed by atoms with van der Waals surface area (Å²) in [7, 11) is 0. The smallest absolute Gasteiger partial charge is 0.340 e. The van der Waals surface area contributed by atoms with Crippen LogP contribution < -0.4 is 9.47 Å². The lowest BCUT2D eigenvalue weighted by molar-refractivity contribution is -0.0753. The fraction of sp³-hybridized carbons (Fsp3) is 0.483. The molecule has 1 N–H and O–H groups in total. The number of fused-ring (bicyclic) bond motifs is 1. The number of aromatic nitrogens is 1. The topological polar surface area (TPSA) is 111 Å². The van der Waals surface area contributed by atoms with Crippen molar-refractivity contribution in [2.45, 2.75) is 71.2 Å². The standard InChI is InChI=1S/C29H34N2O6S/c1-4-34-22-14-18(15-23(35-5-2)21(22)17-30)28(32)24(37-19-10-7-8-11-19)16-26-31-27-20(29(33)36-6-3)12-9-13-25(27)38-26/h9,12-15,19,24,28,32H,4-8,10-11,16H2,1-3H3. The van der Waals surface area contributed by atoms with E-state index in [2.05, 4.69) is 6.07 Å². The maximum atomic E-state index is 12.5. The van der Waals surface area contributed by atoms with Crippen molar-refractivity contribution < 1.29 is 28.8 Å². The van der Waals surface area contributed by atoms with E-state index in [1.807, 2.05) is 26.0 Å². The second kappa shape index (κ2) is 13.1. The molecular formula is C29H34N2O6S. The number of benzene rings is 2. The predicted octanol–water partition coefficient (Wildman–Crippen LogP) is 5.75. The van der Waals surface area contributed by atoms with E-state index in [1.165, 1.54) is 11.3 Å². The van der Waals surface area contributed by atoms with Crippen LogP contribution in [0.3, 0.4) is 0 Å². The van der Waals surface area contributed by atoms with Gasteiger partial charge in [-0.05, 0) is 63.4 Å². The second-order valence-electron chi connectivity index (χ2n) is 9.08. The Balaban J connectivity index is 1.69. The number of ether oxygens (including phenoxy) is 4. The third-order valence-corrected chi connectivity index (χ3v) is 7.54. The molecule has 38 heavy (non-hydrogen) atoms. The lowest BCUT2D eigenvalue weighted by Crippen LogP contribution is -2.29. The van der Waals surface area contributed by atoms with E-state index in [9.17, 15) is 15.2 Å². The van der Waals surface area contributed by atoms with Crippen LogP contribution in [-0.2, 0) is 15.9 Å². The SMILES string of the molecule is CCOC(=O)c1cccc2sc(CC(OC3CCCC3)C(O)c3cc(OCC)c(C#N)c(OCC)c3)nc12. The van der Waals surface area contributed by atoms with Gasteiger partial charge in [0, 0.05) is 6.42 Å². The number of hydrogen-bond acceptors (Lipinski definition) is 9. The molecule has 1 aliphatic rings. The molecule has 1 saturated carbocycles. The van der Waals surface area contributed by atoms with E-state index in [4.69, 9.17) is 23.9 Å². The molecule has 2 unspecified atom stereocenters. The molecule has 202 valence electrons. The summed E-state index contributed by atoms with van der Waals surface area (Å²) in [6.45, 7) is 6.48. The van der Waals surface area contributed by atoms with Gasteiger partial charge in [0.15, 0.2) is 0 Å². The first kappa shape index (κ1) is 27.8. The minimum atomic E-state index is -1.02. The van der Waals surface area contributed by atoms with E-state index in [-0.39, 0.29) is 12.7 Å². The molecule has 1 aliphatic carbocycles. The highest BCUT2D eigenvalue weighted by molar-refractivity contribution is 7.18. The van der Waals surface area contributed by atoms with E-state index in [1.54, 1.807) is 25.1 Å². The molecule has 1 aromatic heterocycles. The van der Waals surface area contributed by atoms with Crippen molar-refractivity contribution in [1.82, 2.24) is 4.98 Å². The molecule has 0 amide bonds. The Morgan fingerprint density at radius 2 is 1.82 bits per heavy atom. The maximum absolute atomic E-state index is 12.5. The quantitative estimate of drug-likeness (QED) is 0.290. The maximum Gasteiger partial charge on any atom is 0.340 e. The number of hydrogen-bond donors (Lipinski definition) is 1. The monoisotopic (exact) mass is 538 g/mol. The lowest BCUT2D eigenvalue weighted by atomic mass is 9.99. The first-order valence-corrected chi connectivity index (χ1v) is 14.0. The van der Waals surface area contributed by atoms with Crippen LogP contribution in [0.1, 0.15) is 79.1 Å². The van der Waals surface area contributed by atoms with Gasteiger partial charge in [-0.3, -0.25) is 0 Å². The largest absolute Gasteiger partial charge is 0.492 e. The molecule has 4 rings (SSSR count). The van der Waals surface area contributed by atoms with Gasteiger partial charge in [0.2, 0.25) is 0 Å². The van der Waals surface area contributed by atoms with Gasteiger partial charge in [-0.15, -0.1) is 11.3 Å². The van der Waals surface area contributed by atoms with Gasteiger partial charge in [0.05, 0.1) is 52.8 Å². The first-order valence-electron chi connectivity index (χ1n) is 13.2. The van der Waals surface area contributed by atoms with Crippen molar-refractivity contribution in [1.29, 1.82) is 5.26 Å². The zero-order valence-electron chi connectivity index (χ0n) is 22.1. The summed E-state index contributed by atoms with van der Waals surface area (Å²) in [5.74, 6) is 0.334. The molecule has 3 aromatic rings. The number of esters is 1. The summed E-state index contributed by atoms with van der Waals surface area (Å²) in [5, 5.41) is 22.1. The Morgan fingerprint density at radius 3 is 2.42 bits per heavy atom. The molecular weight excluding hydrogens is 504 g/mol. The summed E-state index contributed by atoms with van der Waals surface area (Å²) in [5.41, 5.74) is 1.87. The Hall–Kier alpha value is -3.19. The van der Waals surface area contributed by atoms with Crippen LogP contribution in [0.2, 0.25) is 0 Å². The minimum absolute atomic E-state index is 0.0511. The number of nitriles is 1. The Labute approximate surface area is 227 Å². The van der Waals surface area contributed by atoms with E-state index < -0.39 is 18.2 Å². The number of aliphatic hydroxyl groups excluding tert-OH is 1. The molecule has 0 saturated heterocycles. The van der Waals surface area contributed by atoms with Crippen LogP contribution in [0, 0.1) is 11.3 Å². The highest BCUT2D eigenvalue weighted by atomic mass is 32.1. The first-order chi connectivity index (χ1) is 18.5. The van der Waals surface area contributed by atoms with Gasteiger partial charge >= 0.3 is 5.97 Å². The summed E-state index contributed by atoms with van der Waals surface area (Å²) in [6.07, 6.45) is 2.87. The number of carbonyl (C=O) groups is 1. The number of rotatable bonds is 12. The summed E-state index contributed by atoms with van der Waals surface area (Å²) in [6, 6.07) is 11.0. The van der Waals surface area contributed by atoms with Crippen LogP contribution >= 0.6 is 11.3 Å². The minimum Gasteiger partial charge on any atom is -0.492 e. The number of aliphatic hydroxyl groups is 1. The Bertz CT molecular complexity index is 1270. The molecule has 0 aliphatic heterocycles. The molecule has 9 heteroatoms. The summed E-state index contributed by atoms with van der Waals surface area (Å²) < 4.78 is 24.0. The molecule has 8 nitrogen and oxygen atoms in total. The van der Waals surface area contributed by atoms with Crippen molar-refractivity contribution in [2.75, 3.05) is 19.8 Å². The van der Waals surface area contributed by atoms with Crippen LogP contribution in [0.5, 0.6) is 11.5 Å². The number of thiazole rings is 1. The van der Waals surface area contributed by atoms with Crippen molar-refractivity contribution >= 4 is 27.5 Å². The van der Waals surface area contributed by atoms with Gasteiger partial charge in [0.1, 0.15) is 29.2 Å². The van der Waals surface area contributed by atoms with Crippen molar-refractivity contribution in [3.8, 4) is 17.6 Å². The zero-order chi connectivity index (χ0) is 27.1. The van der Waals surface area contributed by atoms with Crippen LogP contribution in [0.25, 0.3) is 10.2 Å². The third-order valence-electron chi connectivity index (χ3n) is 6.50. The van der Waals surface area contributed by atoms with Crippen LogP contribution in [0.4, 0.5) is 0 Å². The van der Waals surface area contributed by atoms with Gasteiger partial charge in [0.25, 0.3) is 0 Å². The average molecular weight is 539 g/mol. The van der Waals surface area contributed by atoms with Gasteiger partial charge in [-0.2, -0.15) is 5.26 Å². The number of nitrogens with zero attached hydrogens (tertiary/aromatic N) is 2. The highest BCUT2D eigenvalue weighted by Crippen LogP contribution is 2.37. The molecule has 1 fully saturated rings. The van der Waals surface area contributed by atoms with E-state index >= 15 is 0 Å². The van der Waals surface area contributed by atoms with Crippen LogP contribution in [0.15, 0.2) is 30.3 Å². The Kier molecular flexibility index (Phi) is 9.56. The Morgan fingerprint density at radius 1 is 1.13 bits per heavy atom. The number of carbonyl (C=O) groups excluding carboxylic acids is 1. The fourth-order valence-corrected chi connectivity index (χ4v) is 5.81. The highest BCUT2D eigenvalue weighted by Gasteiger charge is 2.30. The molecule has 2 atom stereocenters. The summed E-state index contributed by atoms with van der Waals surface area (Å²) >= 11 is 1.47. The lowest BCUT2D eigenvalue weighted by Gasteiger charge is -2.27. The molecule has 0 bridgehead atoms. The molecule has 0 radical (unpaired) electrons. The average Bonchev–Trinajstić information content (AvgIpc) is 3.57. The van der Waals surface area contributed by atoms with E-state index in [0.717, 1.165) is 35.4 Å². The normalized spacial score (nSPS) is 15.2. The van der Waals surface area contributed by atoms with Gasteiger partial charge in [-0.25, -0.2) is 9.78 Å². The molecule has 2 aromatic carbocycles. The van der Waals surface area contributed by atoms with E-state index in [0.29, 0.717) is 53.3 Å². The van der Waals surface area contributed by atoms with Gasteiger partial charge < -0.3 is 24.1 Å². The van der Waals surface area contributed by atoms with Crippen molar-refractivity contribution in [3.63, 3.8) is 0 Å². The fourth-order valence-electron chi connectivity index (χ4n) is 4.78. The number of para-hydroxylation sites is 1. The van der Waals surface area contributed by atoms with Crippen LogP contribution in [-0.4, -0.2) is 48.1 Å². The van der Waals surface area contributed by atoms with Crippen molar-refractivity contribution in [2.24, 2.45) is 0 Å².